The Labute approximate surface area is 193 Å². The molecule has 0 aliphatic heterocycles. The lowest BCUT2D eigenvalue weighted by Crippen LogP contribution is -2.24. The molecule has 13 heteroatoms. The van der Waals surface area contributed by atoms with Gasteiger partial charge in [0.1, 0.15) is 22.1 Å². The first kappa shape index (κ1) is 24.6. The minimum absolute atomic E-state index is 0.0248. The molecule has 0 radical (unpaired) electrons. The minimum Gasteiger partial charge on any atom is -0.453 e. The summed E-state index contributed by atoms with van der Waals surface area (Å²) in [5.74, 6) is -1.73. The van der Waals surface area contributed by atoms with E-state index in [1.807, 2.05) is 0 Å². The molecule has 0 saturated heterocycles. The lowest BCUT2D eigenvalue weighted by atomic mass is 10.2. The zero-order valence-electron chi connectivity index (χ0n) is 16.8. The first-order chi connectivity index (χ1) is 15.5. The highest BCUT2D eigenvalue weighted by atomic mass is 35.5. The van der Waals surface area contributed by atoms with Crippen molar-refractivity contribution in [3.8, 4) is 11.5 Å². The second-order valence-electron chi connectivity index (χ2n) is 6.77. The molecule has 176 valence electrons. The Morgan fingerprint density at radius 2 is 2.06 bits per heavy atom. The van der Waals surface area contributed by atoms with Gasteiger partial charge in [0, 0.05) is 11.8 Å². The monoisotopic (exact) mass is 504 g/mol. The number of aliphatic imine (C=N–C) groups is 1. The van der Waals surface area contributed by atoms with Gasteiger partial charge < -0.3 is 20.9 Å². The predicted octanol–water partition coefficient (Wildman–Crippen LogP) is 4.87. The minimum atomic E-state index is -4.70. The zero-order chi connectivity index (χ0) is 24.3. The Balaban J connectivity index is 1.85. The molecule has 33 heavy (non-hydrogen) atoms. The van der Waals surface area contributed by atoms with Crippen LogP contribution in [-0.4, -0.2) is 28.0 Å². The Hall–Kier alpha value is -3.09. The van der Waals surface area contributed by atoms with Crippen LogP contribution in [0.4, 0.5) is 28.3 Å². The third-order valence-electron chi connectivity index (χ3n) is 4.26. The molecule has 0 aliphatic rings. The quantitative estimate of drug-likeness (QED) is 0.208. The first-order valence-corrected chi connectivity index (χ1v) is 10.5. The number of nitrogens with zero attached hydrogens (tertiary/aromatic N) is 1. The van der Waals surface area contributed by atoms with Crippen LogP contribution in [-0.2, 0) is 6.18 Å². The number of halogens is 5. The Morgan fingerprint density at radius 1 is 1.33 bits per heavy atom. The summed E-state index contributed by atoms with van der Waals surface area (Å²) in [4.78, 5) is 16.1. The van der Waals surface area contributed by atoms with Crippen LogP contribution in [0.15, 0.2) is 46.2 Å². The van der Waals surface area contributed by atoms with Crippen molar-refractivity contribution in [2.75, 3.05) is 11.9 Å². The van der Waals surface area contributed by atoms with Crippen molar-refractivity contribution in [3.63, 3.8) is 0 Å². The molecule has 1 atom stereocenters. The average Bonchev–Trinajstić information content (AvgIpc) is 3.10. The molecule has 1 unspecified atom stereocenters. The van der Waals surface area contributed by atoms with Crippen LogP contribution in [0.3, 0.4) is 0 Å². The van der Waals surface area contributed by atoms with Crippen molar-refractivity contribution < 1.29 is 27.4 Å². The van der Waals surface area contributed by atoms with E-state index < -0.39 is 34.2 Å². The summed E-state index contributed by atoms with van der Waals surface area (Å²) in [7, 11) is 0. The number of nitrogens with two attached hydrogens (primary N) is 1. The number of aliphatic hydroxyl groups excluding tert-OH is 1. The van der Waals surface area contributed by atoms with Gasteiger partial charge in [-0.1, -0.05) is 17.7 Å². The van der Waals surface area contributed by atoms with E-state index in [1.165, 1.54) is 18.2 Å². The van der Waals surface area contributed by atoms with Crippen molar-refractivity contribution in [2.45, 2.75) is 19.1 Å². The number of hydrogen-bond donors (Lipinski definition) is 4. The smallest absolute Gasteiger partial charge is 0.417 e. The molecule has 0 saturated carbocycles. The van der Waals surface area contributed by atoms with E-state index in [0.717, 1.165) is 29.7 Å². The van der Waals surface area contributed by atoms with Gasteiger partial charge in [0.25, 0.3) is 5.56 Å². The van der Waals surface area contributed by atoms with Gasteiger partial charge in [-0.2, -0.15) is 13.2 Å². The van der Waals surface area contributed by atoms with Gasteiger partial charge in [0.2, 0.25) is 0 Å². The summed E-state index contributed by atoms with van der Waals surface area (Å²) in [6, 6.07) is 6.13. The SMILES string of the molecule is CC(CO)N=C(N)c1c(Nc2ccc(Oc3cccc(C(F)(F)F)c3Cl)c(F)c2)s[nH]c1=O. The van der Waals surface area contributed by atoms with E-state index in [1.54, 1.807) is 6.92 Å². The molecule has 7 nitrogen and oxygen atoms in total. The fourth-order valence-electron chi connectivity index (χ4n) is 2.69. The van der Waals surface area contributed by atoms with Gasteiger partial charge in [-0.25, -0.2) is 4.39 Å². The Morgan fingerprint density at radius 3 is 2.70 bits per heavy atom. The zero-order valence-corrected chi connectivity index (χ0v) is 18.4. The summed E-state index contributed by atoms with van der Waals surface area (Å²) in [6.07, 6.45) is -4.70. The highest BCUT2D eigenvalue weighted by Crippen LogP contribution is 2.41. The van der Waals surface area contributed by atoms with E-state index >= 15 is 0 Å². The topological polar surface area (TPSA) is 113 Å². The summed E-state index contributed by atoms with van der Waals surface area (Å²) < 4.78 is 61.4. The lowest BCUT2D eigenvalue weighted by molar-refractivity contribution is -0.137. The number of hydrogen-bond acceptors (Lipinski definition) is 6. The molecular formula is C20H17ClF4N4O3S. The van der Waals surface area contributed by atoms with E-state index in [-0.39, 0.29) is 40.2 Å². The maximum absolute atomic E-state index is 14.6. The van der Waals surface area contributed by atoms with E-state index in [2.05, 4.69) is 14.7 Å². The number of amidine groups is 1. The van der Waals surface area contributed by atoms with Gasteiger partial charge in [-0.3, -0.25) is 14.2 Å². The highest BCUT2D eigenvalue weighted by molar-refractivity contribution is 7.10. The van der Waals surface area contributed by atoms with Crippen LogP contribution in [0.5, 0.6) is 11.5 Å². The third kappa shape index (κ3) is 5.64. The molecule has 3 aromatic rings. The number of ether oxygens (including phenoxy) is 1. The summed E-state index contributed by atoms with van der Waals surface area (Å²) in [6.45, 7) is 1.33. The summed E-state index contributed by atoms with van der Waals surface area (Å²) in [5.41, 5.74) is 4.47. The van der Waals surface area contributed by atoms with Crippen molar-refractivity contribution in [3.05, 3.63) is 68.7 Å². The standard InChI is InChI=1S/C20H17ClF4N4O3S/c1-9(8-30)27-17(26)15-18(31)29-33-19(15)28-10-5-6-13(12(22)7-10)32-14-4-2-3-11(16(14)21)20(23,24)25/h2-7,9,28,30H,8H2,1H3,(H2,26,27)(H,29,31). The van der Waals surface area contributed by atoms with E-state index in [9.17, 15) is 22.4 Å². The number of rotatable bonds is 7. The molecule has 1 aromatic heterocycles. The largest absolute Gasteiger partial charge is 0.453 e. The molecule has 1 heterocycles. The van der Waals surface area contributed by atoms with Gasteiger partial charge in [0.05, 0.1) is 23.2 Å². The molecule has 0 amide bonds. The summed E-state index contributed by atoms with van der Waals surface area (Å²) in [5, 5.41) is 11.5. The van der Waals surface area contributed by atoms with Crippen LogP contribution >= 0.6 is 23.1 Å². The fraction of sp³-hybridized carbons (Fsp3) is 0.200. The predicted molar refractivity (Wildman–Crippen MR) is 118 cm³/mol. The number of benzene rings is 2. The average molecular weight is 505 g/mol. The summed E-state index contributed by atoms with van der Waals surface area (Å²) >= 11 is 6.68. The number of aromatic nitrogens is 1. The second-order valence-corrected chi connectivity index (χ2v) is 7.97. The molecule has 0 fully saturated rings. The number of aliphatic hydroxyl groups is 1. The molecule has 0 aliphatic carbocycles. The highest BCUT2D eigenvalue weighted by Gasteiger charge is 2.34. The van der Waals surface area contributed by atoms with Crippen LogP contribution in [0.2, 0.25) is 5.02 Å². The van der Waals surface area contributed by atoms with Crippen LogP contribution < -0.4 is 21.3 Å². The molecule has 5 N–H and O–H groups in total. The Bertz CT molecular complexity index is 1240. The molecule has 3 rings (SSSR count). The number of H-pyrrole nitrogens is 1. The van der Waals surface area contributed by atoms with Crippen molar-refractivity contribution in [2.24, 2.45) is 10.7 Å². The van der Waals surface area contributed by atoms with Crippen molar-refractivity contribution in [1.82, 2.24) is 4.37 Å². The van der Waals surface area contributed by atoms with Crippen LogP contribution in [0.25, 0.3) is 0 Å². The molecular weight excluding hydrogens is 488 g/mol. The normalized spacial score (nSPS) is 13.1. The third-order valence-corrected chi connectivity index (χ3v) is 5.45. The maximum atomic E-state index is 14.6. The maximum Gasteiger partial charge on any atom is 0.417 e. The number of alkyl halides is 3. The fourth-order valence-corrected chi connectivity index (χ4v) is 3.72. The van der Waals surface area contributed by atoms with Gasteiger partial charge in [-0.15, -0.1) is 0 Å². The Kier molecular flexibility index (Phi) is 7.30. The van der Waals surface area contributed by atoms with Gasteiger partial charge in [-0.05, 0) is 42.7 Å². The van der Waals surface area contributed by atoms with Crippen LogP contribution in [0, 0.1) is 5.82 Å². The second kappa shape index (κ2) is 9.81. The van der Waals surface area contributed by atoms with E-state index in [4.69, 9.17) is 27.2 Å². The van der Waals surface area contributed by atoms with Gasteiger partial charge in [0.15, 0.2) is 11.6 Å². The molecule has 2 aromatic carbocycles. The number of aromatic amines is 1. The van der Waals surface area contributed by atoms with Crippen LogP contribution in [0.1, 0.15) is 18.1 Å². The molecule has 0 bridgehead atoms. The first-order valence-electron chi connectivity index (χ1n) is 9.27. The van der Waals surface area contributed by atoms with E-state index in [0.29, 0.717) is 0 Å². The van der Waals surface area contributed by atoms with Gasteiger partial charge >= 0.3 is 6.18 Å². The number of nitrogens with one attached hydrogen (secondary N) is 2. The van der Waals surface area contributed by atoms with Crippen molar-refractivity contribution in [1.29, 1.82) is 0 Å². The number of anilines is 2. The molecule has 0 spiro atoms. The lowest BCUT2D eigenvalue weighted by Gasteiger charge is -2.14. The van der Waals surface area contributed by atoms with Crippen molar-refractivity contribution >= 4 is 39.7 Å².